The van der Waals surface area contributed by atoms with Crippen LogP contribution in [0.25, 0.3) is 10.8 Å². The Morgan fingerprint density at radius 1 is 0.737 bits per heavy atom. The van der Waals surface area contributed by atoms with Gasteiger partial charge in [0.05, 0.1) is 5.69 Å². The number of nitrogens with zero attached hydrogens (tertiary/aromatic N) is 1. The van der Waals surface area contributed by atoms with E-state index >= 15 is 0 Å². The summed E-state index contributed by atoms with van der Waals surface area (Å²) in [6.07, 6.45) is 0. The first kappa shape index (κ1) is 11.5. The monoisotopic (exact) mass is 246 g/mol. The second-order valence-electron chi connectivity index (χ2n) is 4.36. The largest absolute Gasteiger partial charge is 0.383 e. The number of aliphatic imine (C=N–C) groups is 1. The van der Waals surface area contributed by atoms with E-state index in [2.05, 4.69) is 23.2 Å². The van der Waals surface area contributed by atoms with E-state index in [1.807, 2.05) is 54.6 Å². The normalized spacial score (nSPS) is 11.7. The van der Waals surface area contributed by atoms with Crippen LogP contribution in [0.1, 0.15) is 5.56 Å². The first-order valence-electron chi connectivity index (χ1n) is 6.22. The molecule has 3 aromatic carbocycles. The van der Waals surface area contributed by atoms with E-state index in [9.17, 15) is 0 Å². The van der Waals surface area contributed by atoms with Gasteiger partial charge in [-0.25, -0.2) is 4.99 Å². The van der Waals surface area contributed by atoms with Crippen molar-refractivity contribution in [2.75, 3.05) is 0 Å². The molecule has 0 bridgehead atoms. The van der Waals surface area contributed by atoms with Crippen molar-refractivity contribution in [2.45, 2.75) is 0 Å². The molecule has 0 aromatic heterocycles. The van der Waals surface area contributed by atoms with Gasteiger partial charge in [0.15, 0.2) is 0 Å². The van der Waals surface area contributed by atoms with E-state index in [0.717, 1.165) is 16.6 Å². The number of benzene rings is 3. The van der Waals surface area contributed by atoms with Crippen molar-refractivity contribution in [1.82, 2.24) is 0 Å². The van der Waals surface area contributed by atoms with Crippen LogP contribution in [-0.2, 0) is 0 Å². The Kier molecular flexibility index (Phi) is 2.99. The van der Waals surface area contributed by atoms with Gasteiger partial charge in [-0.2, -0.15) is 0 Å². The molecule has 0 radical (unpaired) electrons. The van der Waals surface area contributed by atoms with Crippen molar-refractivity contribution < 1.29 is 0 Å². The first-order chi connectivity index (χ1) is 9.34. The Bertz CT molecular complexity index is 725. The van der Waals surface area contributed by atoms with Crippen molar-refractivity contribution in [1.29, 1.82) is 0 Å². The molecule has 0 fully saturated rings. The Morgan fingerprint density at radius 3 is 2.26 bits per heavy atom. The average molecular weight is 246 g/mol. The lowest BCUT2D eigenvalue weighted by Gasteiger charge is -2.06. The predicted molar refractivity (Wildman–Crippen MR) is 80.8 cm³/mol. The summed E-state index contributed by atoms with van der Waals surface area (Å²) in [6, 6.07) is 24.0. The third-order valence-corrected chi connectivity index (χ3v) is 3.07. The minimum Gasteiger partial charge on any atom is -0.383 e. The maximum absolute atomic E-state index is 6.14. The molecule has 0 aliphatic carbocycles. The van der Waals surface area contributed by atoms with Gasteiger partial charge in [0.25, 0.3) is 0 Å². The highest BCUT2D eigenvalue weighted by Gasteiger charge is 2.04. The highest BCUT2D eigenvalue weighted by atomic mass is 14.9. The van der Waals surface area contributed by atoms with Crippen molar-refractivity contribution >= 4 is 22.3 Å². The quantitative estimate of drug-likeness (QED) is 0.541. The van der Waals surface area contributed by atoms with Crippen molar-refractivity contribution in [3.8, 4) is 0 Å². The molecule has 0 unspecified atom stereocenters. The van der Waals surface area contributed by atoms with E-state index in [0.29, 0.717) is 5.84 Å². The smallest absolute Gasteiger partial charge is 0.131 e. The van der Waals surface area contributed by atoms with Gasteiger partial charge in [-0.3, -0.25) is 0 Å². The van der Waals surface area contributed by atoms with Gasteiger partial charge in [-0.05, 0) is 22.9 Å². The highest BCUT2D eigenvalue weighted by molar-refractivity contribution is 6.09. The molecule has 19 heavy (non-hydrogen) atoms. The molecule has 2 nitrogen and oxygen atoms in total. The summed E-state index contributed by atoms with van der Waals surface area (Å²) < 4.78 is 0. The van der Waals surface area contributed by atoms with Crippen molar-refractivity contribution in [3.05, 3.63) is 78.4 Å². The molecule has 2 heteroatoms. The SMILES string of the molecule is NC(=Nc1ccccc1)c1cccc2ccccc12. The van der Waals surface area contributed by atoms with Gasteiger partial charge in [-0.1, -0.05) is 60.7 Å². The molecule has 2 N–H and O–H groups in total. The fraction of sp³-hybridized carbons (Fsp3) is 0. The zero-order valence-electron chi connectivity index (χ0n) is 10.5. The summed E-state index contributed by atoms with van der Waals surface area (Å²) in [6.45, 7) is 0. The number of rotatable bonds is 2. The fourth-order valence-electron chi connectivity index (χ4n) is 2.15. The van der Waals surface area contributed by atoms with E-state index in [4.69, 9.17) is 5.73 Å². The van der Waals surface area contributed by atoms with Crippen LogP contribution in [0.4, 0.5) is 5.69 Å². The summed E-state index contributed by atoms with van der Waals surface area (Å²) in [7, 11) is 0. The van der Waals surface area contributed by atoms with Crippen molar-refractivity contribution in [3.63, 3.8) is 0 Å². The Hall–Kier alpha value is -2.61. The highest BCUT2D eigenvalue weighted by Crippen LogP contribution is 2.19. The van der Waals surface area contributed by atoms with Gasteiger partial charge >= 0.3 is 0 Å². The second-order valence-corrected chi connectivity index (χ2v) is 4.36. The van der Waals surface area contributed by atoms with Gasteiger partial charge in [0, 0.05) is 5.56 Å². The lowest BCUT2D eigenvalue weighted by atomic mass is 10.0. The van der Waals surface area contributed by atoms with E-state index in [1.54, 1.807) is 0 Å². The minimum absolute atomic E-state index is 0.544. The molecular formula is C17H14N2. The fourth-order valence-corrected chi connectivity index (χ4v) is 2.15. The number of fused-ring (bicyclic) bond motifs is 1. The molecule has 0 spiro atoms. The minimum atomic E-state index is 0.544. The Morgan fingerprint density at radius 2 is 1.42 bits per heavy atom. The maximum Gasteiger partial charge on any atom is 0.131 e. The maximum atomic E-state index is 6.14. The topological polar surface area (TPSA) is 38.4 Å². The molecule has 3 rings (SSSR count). The third-order valence-electron chi connectivity index (χ3n) is 3.07. The van der Waals surface area contributed by atoms with Crippen LogP contribution in [0, 0.1) is 0 Å². The molecule has 0 amide bonds. The summed E-state index contributed by atoms with van der Waals surface area (Å²) in [5, 5.41) is 2.30. The zero-order chi connectivity index (χ0) is 13.1. The molecule has 0 aliphatic rings. The van der Waals surface area contributed by atoms with Crippen LogP contribution in [-0.4, -0.2) is 5.84 Å². The number of hydrogen-bond acceptors (Lipinski definition) is 1. The second kappa shape index (κ2) is 4.94. The number of amidine groups is 1. The average Bonchev–Trinajstić information content (AvgIpc) is 2.47. The molecule has 0 atom stereocenters. The van der Waals surface area contributed by atoms with Gasteiger partial charge in [0.1, 0.15) is 5.84 Å². The predicted octanol–water partition coefficient (Wildman–Crippen LogP) is 3.88. The Balaban J connectivity index is 2.12. The molecule has 3 aromatic rings. The summed E-state index contributed by atoms with van der Waals surface area (Å²) in [5.41, 5.74) is 7.99. The molecule has 0 saturated carbocycles. The van der Waals surface area contributed by atoms with E-state index in [1.165, 1.54) is 5.39 Å². The summed E-state index contributed by atoms with van der Waals surface area (Å²) in [5.74, 6) is 0.544. The Labute approximate surface area is 112 Å². The molecule has 92 valence electrons. The van der Waals surface area contributed by atoms with Crippen LogP contribution < -0.4 is 5.73 Å². The number of para-hydroxylation sites is 1. The molecular weight excluding hydrogens is 232 g/mol. The van der Waals surface area contributed by atoms with E-state index < -0.39 is 0 Å². The lowest BCUT2D eigenvalue weighted by Crippen LogP contribution is -2.13. The van der Waals surface area contributed by atoms with Crippen LogP contribution in [0.3, 0.4) is 0 Å². The molecule has 0 heterocycles. The van der Waals surface area contributed by atoms with Crippen molar-refractivity contribution in [2.24, 2.45) is 10.7 Å². The molecule has 0 saturated heterocycles. The van der Waals surface area contributed by atoms with Gasteiger partial charge in [0.2, 0.25) is 0 Å². The van der Waals surface area contributed by atoms with Crippen LogP contribution in [0.15, 0.2) is 77.8 Å². The zero-order valence-corrected chi connectivity index (χ0v) is 10.5. The first-order valence-corrected chi connectivity index (χ1v) is 6.22. The number of nitrogens with two attached hydrogens (primary N) is 1. The summed E-state index contributed by atoms with van der Waals surface area (Å²) >= 11 is 0. The summed E-state index contributed by atoms with van der Waals surface area (Å²) in [4.78, 5) is 4.47. The standard InChI is InChI=1S/C17H14N2/c18-17(19-14-9-2-1-3-10-14)16-12-6-8-13-7-4-5-11-15(13)16/h1-12H,(H2,18,19). The van der Waals surface area contributed by atoms with E-state index in [-0.39, 0.29) is 0 Å². The molecule has 0 aliphatic heterocycles. The number of hydrogen-bond donors (Lipinski definition) is 1. The van der Waals surface area contributed by atoms with Gasteiger partial charge in [-0.15, -0.1) is 0 Å². The third kappa shape index (κ3) is 2.33. The lowest BCUT2D eigenvalue weighted by molar-refractivity contribution is 1.46. The van der Waals surface area contributed by atoms with Crippen LogP contribution >= 0.6 is 0 Å². The van der Waals surface area contributed by atoms with Crippen LogP contribution in [0.2, 0.25) is 0 Å². The van der Waals surface area contributed by atoms with Crippen LogP contribution in [0.5, 0.6) is 0 Å². The van der Waals surface area contributed by atoms with Gasteiger partial charge < -0.3 is 5.73 Å².